The first-order chi connectivity index (χ1) is 7.36. The van der Waals surface area contributed by atoms with E-state index in [1.165, 1.54) is 6.07 Å². The Morgan fingerprint density at radius 1 is 1.25 bits per heavy atom. The molecule has 90 valence electrons. The summed E-state index contributed by atoms with van der Waals surface area (Å²) < 4.78 is 18.7. The first-order valence-electron chi connectivity index (χ1n) is 5.44. The second-order valence-electron chi connectivity index (χ2n) is 3.93. The lowest BCUT2D eigenvalue weighted by Gasteiger charge is -2.22. The molecule has 2 rings (SSSR count). The Morgan fingerprint density at radius 3 is 2.62 bits per heavy atom. The van der Waals surface area contributed by atoms with Crippen molar-refractivity contribution in [3.63, 3.8) is 0 Å². The van der Waals surface area contributed by atoms with E-state index in [1.807, 2.05) is 0 Å². The number of ether oxygens (including phenoxy) is 1. The number of hydrogen-bond donors (Lipinski definition) is 1. The molecule has 1 aliphatic rings. The lowest BCUT2D eigenvalue weighted by Crippen LogP contribution is -2.30. The number of nitrogens with one attached hydrogen (secondary N) is 1. The number of para-hydroxylation sites is 1. The monoisotopic (exact) mass is 245 g/mol. The first-order valence-corrected chi connectivity index (χ1v) is 5.44. The lowest BCUT2D eigenvalue weighted by atomic mass is 9.99. The van der Waals surface area contributed by atoms with Crippen LogP contribution in [0.4, 0.5) is 4.39 Å². The normalized spacial score (nSPS) is 16.6. The predicted molar refractivity (Wildman–Crippen MR) is 64.7 cm³/mol. The van der Waals surface area contributed by atoms with E-state index in [4.69, 9.17) is 4.74 Å². The Labute approximate surface area is 102 Å². The highest BCUT2D eigenvalue weighted by Gasteiger charge is 2.14. The molecule has 1 N–H and O–H groups in total. The predicted octanol–water partition coefficient (Wildman–Crippen LogP) is 2.63. The molecule has 1 fully saturated rings. The van der Waals surface area contributed by atoms with Crippen LogP contribution in [0.2, 0.25) is 0 Å². The smallest absolute Gasteiger partial charge is 0.165 e. The van der Waals surface area contributed by atoms with Gasteiger partial charge < -0.3 is 10.1 Å². The van der Waals surface area contributed by atoms with E-state index < -0.39 is 0 Å². The van der Waals surface area contributed by atoms with Crippen LogP contribution in [0.25, 0.3) is 0 Å². The third-order valence-corrected chi connectivity index (χ3v) is 2.77. The maximum absolute atomic E-state index is 13.2. The second kappa shape index (κ2) is 6.71. The molecule has 1 aromatic carbocycles. The fourth-order valence-electron chi connectivity index (χ4n) is 1.82. The highest BCUT2D eigenvalue weighted by Crippen LogP contribution is 2.18. The minimum absolute atomic E-state index is 0. The molecule has 0 unspecified atom stereocenters. The van der Waals surface area contributed by atoms with E-state index in [-0.39, 0.29) is 18.2 Å². The van der Waals surface area contributed by atoms with Crippen LogP contribution < -0.4 is 10.1 Å². The minimum Gasteiger partial charge on any atom is -0.490 e. The van der Waals surface area contributed by atoms with Crippen LogP contribution in [-0.2, 0) is 0 Å². The molecule has 0 radical (unpaired) electrons. The number of hydrogen-bond acceptors (Lipinski definition) is 2. The van der Waals surface area contributed by atoms with Gasteiger partial charge in [0.15, 0.2) is 11.6 Å². The topological polar surface area (TPSA) is 21.3 Å². The average Bonchev–Trinajstić information content (AvgIpc) is 2.29. The fourth-order valence-corrected chi connectivity index (χ4v) is 1.82. The molecule has 4 heteroatoms. The number of benzene rings is 1. The number of rotatable bonds is 3. The molecule has 1 saturated heterocycles. The molecule has 1 aliphatic heterocycles. The number of halogens is 2. The van der Waals surface area contributed by atoms with Crippen molar-refractivity contribution in [2.75, 3.05) is 19.7 Å². The van der Waals surface area contributed by atoms with Crippen molar-refractivity contribution >= 4 is 12.4 Å². The molecule has 0 saturated carbocycles. The summed E-state index contributed by atoms with van der Waals surface area (Å²) in [5, 5.41) is 3.29. The summed E-state index contributed by atoms with van der Waals surface area (Å²) in [6, 6.07) is 6.57. The van der Waals surface area contributed by atoms with Gasteiger partial charge in [0.25, 0.3) is 0 Å². The molecule has 0 aliphatic carbocycles. The van der Waals surface area contributed by atoms with Crippen LogP contribution in [0, 0.1) is 11.7 Å². The summed E-state index contributed by atoms with van der Waals surface area (Å²) in [5.74, 6) is 0.660. The van der Waals surface area contributed by atoms with Crippen molar-refractivity contribution in [3.8, 4) is 5.75 Å². The van der Waals surface area contributed by atoms with Crippen molar-refractivity contribution in [1.29, 1.82) is 0 Å². The van der Waals surface area contributed by atoms with E-state index in [0.717, 1.165) is 25.9 Å². The molecular formula is C12H17ClFNO. The maximum atomic E-state index is 13.2. The molecule has 0 spiro atoms. The molecule has 0 aromatic heterocycles. The zero-order valence-electron chi connectivity index (χ0n) is 9.12. The van der Waals surface area contributed by atoms with Gasteiger partial charge in [0.05, 0.1) is 6.61 Å². The average molecular weight is 246 g/mol. The second-order valence-corrected chi connectivity index (χ2v) is 3.93. The van der Waals surface area contributed by atoms with Gasteiger partial charge in [0, 0.05) is 0 Å². The van der Waals surface area contributed by atoms with Crippen LogP contribution in [0.5, 0.6) is 5.75 Å². The van der Waals surface area contributed by atoms with Gasteiger partial charge in [0.2, 0.25) is 0 Å². The van der Waals surface area contributed by atoms with Crippen LogP contribution >= 0.6 is 12.4 Å². The molecular weight excluding hydrogens is 229 g/mol. The first kappa shape index (κ1) is 13.3. The largest absolute Gasteiger partial charge is 0.490 e. The lowest BCUT2D eigenvalue weighted by molar-refractivity contribution is 0.208. The van der Waals surface area contributed by atoms with Gasteiger partial charge in [-0.15, -0.1) is 12.4 Å². The van der Waals surface area contributed by atoms with Crippen molar-refractivity contribution < 1.29 is 9.13 Å². The quantitative estimate of drug-likeness (QED) is 0.884. The highest BCUT2D eigenvalue weighted by atomic mass is 35.5. The molecule has 0 bridgehead atoms. The third kappa shape index (κ3) is 3.65. The summed E-state index contributed by atoms with van der Waals surface area (Å²) in [6.07, 6.45) is 2.24. The van der Waals surface area contributed by atoms with Gasteiger partial charge >= 0.3 is 0 Å². The Kier molecular flexibility index (Phi) is 5.56. The summed E-state index contributed by atoms with van der Waals surface area (Å²) >= 11 is 0. The van der Waals surface area contributed by atoms with Crippen molar-refractivity contribution in [1.82, 2.24) is 5.32 Å². The van der Waals surface area contributed by atoms with Gasteiger partial charge in [-0.3, -0.25) is 0 Å². The van der Waals surface area contributed by atoms with Crippen LogP contribution in [0.15, 0.2) is 24.3 Å². The third-order valence-electron chi connectivity index (χ3n) is 2.77. The van der Waals surface area contributed by atoms with Gasteiger partial charge in [-0.05, 0) is 44.0 Å². The molecule has 0 amide bonds. The van der Waals surface area contributed by atoms with E-state index >= 15 is 0 Å². The van der Waals surface area contributed by atoms with Gasteiger partial charge in [0.1, 0.15) is 0 Å². The zero-order valence-corrected chi connectivity index (χ0v) is 9.93. The Bertz CT molecular complexity index is 316. The summed E-state index contributed by atoms with van der Waals surface area (Å²) in [4.78, 5) is 0. The number of piperidine rings is 1. The Balaban J connectivity index is 0.00000128. The van der Waals surface area contributed by atoms with Crippen LogP contribution in [0.3, 0.4) is 0 Å². The molecule has 1 heterocycles. The highest BCUT2D eigenvalue weighted by molar-refractivity contribution is 5.85. The summed E-state index contributed by atoms with van der Waals surface area (Å²) in [7, 11) is 0. The van der Waals surface area contributed by atoms with Crippen molar-refractivity contribution in [2.24, 2.45) is 5.92 Å². The van der Waals surface area contributed by atoms with E-state index in [1.54, 1.807) is 18.2 Å². The van der Waals surface area contributed by atoms with Crippen LogP contribution in [0.1, 0.15) is 12.8 Å². The Hall–Kier alpha value is -0.800. The van der Waals surface area contributed by atoms with Crippen LogP contribution in [-0.4, -0.2) is 19.7 Å². The van der Waals surface area contributed by atoms with Gasteiger partial charge in [-0.1, -0.05) is 12.1 Å². The molecule has 0 atom stereocenters. The standard InChI is InChI=1S/C12H16FNO.ClH/c13-11-3-1-2-4-12(11)15-9-10-5-7-14-8-6-10;/h1-4,10,14H,5-9H2;1H. The van der Waals surface area contributed by atoms with E-state index in [9.17, 15) is 4.39 Å². The van der Waals surface area contributed by atoms with E-state index in [0.29, 0.717) is 18.3 Å². The van der Waals surface area contributed by atoms with Gasteiger partial charge in [-0.2, -0.15) is 0 Å². The van der Waals surface area contributed by atoms with E-state index in [2.05, 4.69) is 5.32 Å². The SMILES string of the molecule is Cl.Fc1ccccc1OCC1CCNCC1. The fraction of sp³-hybridized carbons (Fsp3) is 0.500. The maximum Gasteiger partial charge on any atom is 0.165 e. The van der Waals surface area contributed by atoms with Gasteiger partial charge in [-0.25, -0.2) is 4.39 Å². The molecule has 2 nitrogen and oxygen atoms in total. The van der Waals surface area contributed by atoms with Crippen molar-refractivity contribution in [2.45, 2.75) is 12.8 Å². The molecule has 1 aromatic rings. The molecule has 16 heavy (non-hydrogen) atoms. The summed E-state index contributed by atoms with van der Waals surface area (Å²) in [5.41, 5.74) is 0. The minimum atomic E-state index is -0.272. The van der Waals surface area contributed by atoms with Crippen molar-refractivity contribution in [3.05, 3.63) is 30.1 Å². The Morgan fingerprint density at radius 2 is 1.94 bits per heavy atom. The zero-order chi connectivity index (χ0) is 10.5. The summed E-state index contributed by atoms with van der Waals surface area (Å²) in [6.45, 7) is 2.72.